The highest BCUT2D eigenvalue weighted by atomic mass is 35.5. The van der Waals surface area contributed by atoms with Gasteiger partial charge in [-0.15, -0.1) is 0 Å². The van der Waals surface area contributed by atoms with E-state index in [1.165, 1.54) is 0 Å². The average molecular weight is 439 g/mol. The van der Waals surface area contributed by atoms with Crippen LogP contribution in [-0.2, 0) is 4.79 Å². The van der Waals surface area contributed by atoms with Gasteiger partial charge in [0.05, 0.1) is 15.7 Å². The molecule has 1 saturated heterocycles. The Hall–Kier alpha value is -2.82. The largest absolute Gasteiger partial charge is 0.325 e. The summed E-state index contributed by atoms with van der Waals surface area (Å²) in [5.74, 6) is -0.344. The van der Waals surface area contributed by atoms with E-state index in [2.05, 4.69) is 0 Å². The fourth-order valence-electron chi connectivity index (χ4n) is 3.75. The van der Waals surface area contributed by atoms with Gasteiger partial charge in [-0.3, -0.25) is 9.59 Å². The predicted octanol–water partition coefficient (Wildman–Crippen LogP) is 5.54. The molecule has 6 heteroatoms. The van der Waals surface area contributed by atoms with Crippen LogP contribution in [0.25, 0.3) is 11.1 Å². The second kappa shape index (κ2) is 8.50. The molecule has 0 bridgehead atoms. The van der Waals surface area contributed by atoms with E-state index in [-0.39, 0.29) is 11.8 Å². The highest BCUT2D eigenvalue weighted by molar-refractivity contribution is 6.42. The van der Waals surface area contributed by atoms with Gasteiger partial charge < -0.3 is 9.80 Å². The number of nitrogens with zero attached hydrogens (tertiary/aromatic N) is 2. The van der Waals surface area contributed by atoms with Crippen LogP contribution < -0.4 is 4.90 Å². The molecule has 0 aromatic heterocycles. The maximum Gasteiger partial charge on any atom is 0.254 e. The molecule has 0 aliphatic carbocycles. The zero-order valence-electron chi connectivity index (χ0n) is 16.4. The maximum absolute atomic E-state index is 13.3. The summed E-state index contributed by atoms with van der Waals surface area (Å²) in [6, 6.07) is 22.0. The molecule has 4 rings (SSSR count). The van der Waals surface area contributed by atoms with Crippen LogP contribution >= 0.6 is 23.2 Å². The number of carbonyl (C=O) groups is 2. The number of halogens is 2. The summed E-state index contributed by atoms with van der Waals surface area (Å²) in [5.41, 5.74) is 3.30. The normalized spacial score (nSPS) is 16.6. The van der Waals surface area contributed by atoms with Crippen LogP contribution in [0.1, 0.15) is 17.3 Å². The Bertz CT molecular complexity index is 1100. The second-order valence-corrected chi connectivity index (χ2v) is 7.99. The van der Waals surface area contributed by atoms with Crippen LogP contribution in [0.4, 0.5) is 5.69 Å². The van der Waals surface area contributed by atoms with E-state index in [4.69, 9.17) is 23.2 Å². The van der Waals surface area contributed by atoms with Crippen LogP contribution in [0.5, 0.6) is 0 Å². The predicted molar refractivity (Wildman–Crippen MR) is 121 cm³/mol. The number of amides is 2. The molecule has 0 spiro atoms. The van der Waals surface area contributed by atoms with Gasteiger partial charge in [0.1, 0.15) is 6.04 Å². The van der Waals surface area contributed by atoms with Gasteiger partial charge in [0.25, 0.3) is 5.91 Å². The third-order valence-corrected chi connectivity index (χ3v) is 6.10. The summed E-state index contributed by atoms with van der Waals surface area (Å²) < 4.78 is 0. The minimum atomic E-state index is -0.593. The zero-order chi connectivity index (χ0) is 21.3. The minimum absolute atomic E-state index is 0.113. The highest BCUT2D eigenvalue weighted by Crippen LogP contribution is 2.33. The van der Waals surface area contributed by atoms with Crippen LogP contribution in [-0.4, -0.2) is 35.8 Å². The van der Waals surface area contributed by atoms with Crippen LogP contribution in [0.3, 0.4) is 0 Å². The number of benzene rings is 3. The van der Waals surface area contributed by atoms with E-state index >= 15 is 0 Å². The number of hydrogen-bond donors (Lipinski definition) is 0. The number of carbonyl (C=O) groups excluding carboxylic acids is 2. The molecular formula is C24H20Cl2N2O2. The Morgan fingerprint density at radius 1 is 0.900 bits per heavy atom. The van der Waals surface area contributed by atoms with E-state index in [9.17, 15) is 9.59 Å². The van der Waals surface area contributed by atoms with Crippen LogP contribution in [0.15, 0.2) is 72.8 Å². The van der Waals surface area contributed by atoms with Gasteiger partial charge in [0.2, 0.25) is 5.91 Å². The molecule has 1 aliphatic rings. The van der Waals surface area contributed by atoms with Crippen molar-refractivity contribution >= 4 is 40.7 Å². The Kier molecular flexibility index (Phi) is 5.80. The first kappa shape index (κ1) is 20.5. The first-order valence-corrected chi connectivity index (χ1v) is 10.4. The van der Waals surface area contributed by atoms with Gasteiger partial charge in [0, 0.05) is 24.2 Å². The van der Waals surface area contributed by atoms with Gasteiger partial charge >= 0.3 is 0 Å². The number of hydrogen-bond acceptors (Lipinski definition) is 2. The van der Waals surface area contributed by atoms with Gasteiger partial charge in [0.15, 0.2) is 0 Å². The molecular weight excluding hydrogens is 419 g/mol. The maximum atomic E-state index is 13.3. The van der Waals surface area contributed by atoms with Crippen LogP contribution in [0, 0.1) is 0 Å². The summed E-state index contributed by atoms with van der Waals surface area (Å²) in [4.78, 5) is 29.6. The van der Waals surface area contributed by atoms with Crippen molar-refractivity contribution in [1.29, 1.82) is 0 Å². The first-order chi connectivity index (χ1) is 14.5. The van der Waals surface area contributed by atoms with Crippen LogP contribution in [0.2, 0.25) is 10.0 Å². The molecule has 0 saturated carbocycles. The molecule has 2 amide bonds. The van der Waals surface area contributed by atoms with E-state index in [0.29, 0.717) is 28.7 Å². The fraction of sp³-hybridized carbons (Fsp3) is 0.167. The standard InChI is InChI=1S/C24H20Cl2N2O2/c1-16-23(29)28(22-10-6-5-9-19(22)17-7-3-2-4-8-17)14-13-27(16)24(30)18-11-12-20(25)21(26)15-18/h2-12,15-16H,13-14H2,1H3/t16-/m1/s1. The molecule has 1 aliphatic heterocycles. The van der Waals surface area contributed by atoms with E-state index in [1.54, 1.807) is 34.9 Å². The Morgan fingerprint density at radius 2 is 1.60 bits per heavy atom. The monoisotopic (exact) mass is 438 g/mol. The van der Waals surface area contributed by atoms with Crippen molar-refractivity contribution in [1.82, 2.24) is 4.90 Å². The van der Waals surface area contributed by atoms with Crippen molar-refractivity contribution in [3.8, 4) is 11.1 Å². The molecule has 1 heterocycles. The van der Waals surface area contributed by atoms with Crippen molar-refractivity contribution in [2.24, 2.45) is 0 Å². The van der Waals surface area contributed by atoms with Crippen molar-refractivity contribution < 1.29 is 9.59 Å². The lowest BCUT2D eigenvalue weighted by Gasteiger charge is -2.39. The molecule has 30 heavy (non-hydrogen) atoms. The Morgan fingerprint density at radius 3 is 2.33 bits per heavy atom. The average Bonchev–Trinajstić information content (AvgIpc) is 2.78. The van der Waals surface area contributed by atoms with Gasteiger partial charge in [-0.05, 0) is 36.8 Å². The molecule has 0 unspecified atom stereocenters. The van der Waals surface area contributed by atoms with E-state index in [0.717, 1.165) is 16.8 Å². The van der Waals surface area contributed by atoms with Gasteiger partial charge in [-0.25, -0.2) is 0 Å². The SMILES string of the molecule is C[C@@H]1C(=O)N(c2ccccc2-c2ccccc2)CCN1C(=O)c1ccc(Cl)c(Cl)c1. The number of para-hydroxylation sites is 1. The number of piperazine rings is 1. The van der Waals surface area contributed by atoms with Crippen molar-refractivity contribution in [2.75, 3.05) is 18.0 Å². The second-order valence-electron chi connectivity index (χ2n) is 7.18. The van der Waals surface area contributed by atoms with E-state index < -0.39 is 6.04 Å². The highest BCUT2D eigenvalue weighted by Gasteiger charge is 2.36. The number of anilines is 1. The van der Waals surface area contributed by atoms with E-state index in [1.807, 2.05) is 54.6 Å². The molecule has 0 radical (unpaired) electrons. The lowest BCUT2D eigenvalue weighted by atomic mass is 10.0. The number of rotatable bonds is 3. The zero-order valence-corrected chi connectivity index (χ0v) is 17.9. The smallest absolute Gasteiger partial charge is 0.254 e. The summed E-state index contributed by atoms with van der Waals surface area (Å²) in [7, 11) is 0. The Balaban J connectivity index is 1.61. The van der Waals surface area contributed by atoms with Crippen molar-refractivity contribution in [3.05, 3.63) is 88.4 Å². The van der Waals surface area contributed by atoms with Crippen molar-refractivity contribution in [3.63, 3.8) is 0 Å². The quantitative estimate of drug-likeness (QED) is 0.538. The molecule has 0 N–H and O–H groups in total. The van der Waals surface area contributed by atoms with Crippen molar-refractivity contribution in [2.45, 2.75) is 13.0 Å². The lowest BCUT2D eigenvalue weighted by Crippen LogP contribution is -2.57. The van der Waals surface area contributed by atoms with Gasteiger partial charge in [-0.2, -0.15) is 0 Å². The third kappa shape index (κ3) is 3.81. The molecule has 1 fully saturated rings. The minimum Gasteiger partial charge on any atom is -0.325 e. The summed E-state index contributed by atoms with van der Waals surface area (Å²) in [6.07, 6.45) is 0. The Labute approximate surface area is 185 Å². The topological polar surface area (TPSA) is 40.6 Å². The summed E-state index contributed by atoms with van der Waals surface area (Å²) in [5, 5.41) is 0.705. The lowest BCUT2D eigenvalue weighted by molar-refractivity contribution is -0.124. The van der Waals surface area contributed by atoms with Gasteiger partial charge in [-0.1, -0.05) is 71.7 Å². The molecule has 3 aromatic rings. The third-order valence-electron chi connectivity index (χ3n) is 5.36. The molecule has 3 aromatic carbocycles. The first-order valence-electron chi connectivity index (χ1n) is 9.69. The summed E-state index contributed by atoms with van der Waals surface area (Å²) in [6.45, 7) is 2.60. The molecule has 4 nitrogen and oxygen atoms in total. The molecule has 1 atom stereocenters. The fourth-order valence-corrected chi connectivity index (χ4v) is 4.05. The molecule has 152 valence electrons. The summed E-state index contributed by atoms with van der Waals surface area (Å²) >= 11 is 12.0.